The number of nitrogens with one attached hydrogen (secondary N) is 3. The van der Waals surface area contributed by atoms with Crippen LogP contribution in [0.3, 0.4) is 0 Å². The maximum atomic E-state index is 13.1. The van der Waals surface area contributed by atoms with E-state index in [1.165, 1.54) is 31.5 Å². The summed E-state index contributed by atoms with van der Waals surface area (Å²) in [5.74, 6) is -0.923. The summed E-state index contributed by atoms with van der Waals surface area (Å²) in [4.78, 5) is 33.4. The molecular weight excluding hydrogens is 455 g/mol. The summed E-state index contributed by atoms with van der Waals surface area (Å²) in [6.07, 6.45) is -3.27. The van der Waals surface area contributed by atoms with E-state index in [1.807, 2.05) is 0 Å². The summed E-state index contributed by atoms with van der Waals surface area (Å²) in [5, 5.41) is 10.7. The van der Waals surface area contributed by atoms with Crippen LogP contribution in [0.15, 0.2) is 35.1 Å². The van der Waals surface area contributed by atoms with Gasteiger partial charge < -0.3 is 20.6 Å². The number of fused-ring (bicyclic) bond motifs is 1. The fourth-order valence-electron chi connectivity index (χ4n) is 3.45. The summed E-state index contributed by atoms with van der Waals surface area (Å²) >= 11 is 0. The van der Waals surface area contributed by atoms with Crippen LogP contribution in [0.1, 0.15) is 56.4 Å². The first kappa shape index (κ1) is 23.2. The average Bonchev–Trinajstić information content (AvgIpc) is 3.40. The molecule has 0 spiro atoms. The van der Waals surface area contributed by atoms with Gasteiger partial charge in [0.25, 0.3) is 11.8 Å². The van der Waals surface area contributed by atoms with Crippen LogP contribution in [-0.4, -0.2) is 39.0 Å². The molecule has 34 heavy (non-hydrogen) atoms. The highest BCUT2D eigenvalue weighted by Gasteiger charge is 2.33. The van der Waals surface area contributed by atoms with E-state index in [0.717, 1.165) is 6.07 Å². The Morgan fingerprint density at radius 2 is 1.97 bits per heavy atom. The van der Waals surface area contributed by atoms with Gasteiger partial charge in [-0.3, -0.25) is 9.59 Å². The zero-order chi connectivity index (χ0) is 24.6. The highest BCUT2D eigenvalue weighted by molar-refractivity contribution is 6.02. The van der Waals surface area contributed by atoms with Gasteiger partial charge in [-0.05, 0) is 31.5 Å². The van der Waals surface area contributed by atoms with E-state index in [-0.39, 0.29) is 28.4 Å². The van der Waals surface area contributed by atoms with Crippen LogP contribution in [0.4, 0.5) is 24.7 Å². The van der Waals surface area contributed by atoms with Crippen LogP contribution in [0.25, 0.3) is 0 Å². The Balaban J connectivity index is 1.44. The third kappa shape index (κ3) is 4.69. The predicted octanol–water partition coefficient (Wildman–Crippen LogP) is 3.31. The molecule has 0 saturated heterocycles. The topological polar surface area (TPSA) is 125 Å². The summed E-state index contributed by atoms with van der Waals surface area (Å²) < 4.78 is 44.4. The van der Waals surface area contributed by atoms with E-state index < -0.39 is 29.6 Å². The number of halogens is 3. The number of rotatable bonds is 5. The number of carbonyl (C=O) groups is 2. The Bertz CT molecular complexity index is 1260. The fraction of sp³-hybridized carbons (Fsp3) is 0.286. The van der Waals surface area contributed by atoms with Crippen molar-refractivity contribution in [2.75, 3.05) is 17.8 Å². The van der Waals surface area contributed by atoms with Crippen LogP contribution < -0.4 is 16.1 Å². The van der Waals surface area contributed by atoms with Crippen LogP contribution >= 0.6 is 0 Å². The van der Waals surface area contributed by atoms with Gasteiger partial charge in [-0.25, -0.2) is 15.0 Å². The summed E-state index contributed by atoms with van der Waals surface area (Å²) in [7, 11) is 1.80. The fourth-order valence-corrected chi connectivity index (χ4v) is 3.45. The minimum absolute atomic E-state index is 0.0359. The number of benzene rings is 1. The second-order valence-electron chi connectivity index (χ2n) is 7.81. The highest BCUT2D eigenvalue weighted by atomic mass is 19.4. The Labute approximate surface area is 191 Å². The van der Waals surface area contributed by atoms with E-state index in [4.69, 9.17) is 4.52 Å². The third-order valence-corrected chi connectivity index (χ3v) is 5.20. The molecule has 1 unspecified atom stereocenters. The molecular formula is C21H20F3N7O3. The minimum Gasteiger partial charge on any atom is -0.351 e. The van der Waals surface area contributed by atoms with Gasteiger partial charge >= 0.3 is 6.18 Å². The highest BCUT2D eigenvalue weighted by Crippen LogP contribution is 2.33. The maximum Gasteiger partial charge on any atom is 0.416 e. The lowest BCUT2D eigenvalue weighted by atomic mass is 10.1. The third-order valence-electron chi connectivity index (χ3n) is 5.20. The molecule has 0 bridgehead atoms. The standard InChI is InChI=1S/C21H20F3N7O3/c1-10-4-5-12(6-14(10)21(22,23)24)28-19(32)16-7-15(30-34-16)11(2)27-20(33)17-13-8-31(3)29-18(13)26-9-25-17/h4-7,9,11H,8H2,1-3H3,(H,27,33)(H,28,32)(H,25,26,29). The molecule has 1 aromatic carbocycles. The molecule has 0 saturated carbocycles. The van der Waals surface area contributed by atoms with Gasteiger partial charge in [0.2, 0.25) is 5.76 Å². The van der Waals surface area contributed by atoms with Gasteiger partial charge in [0, 0.05) is 30.9 Å². The first-order valence-electron chi connectivity index (χ1n) is 10.1. The van der Waals surface area contributed by atoms with Gasteiger partial charge in [0.15, 0.2) is 0 Å². The molecule has 1 aliphatic rings. The zero-order valence-corrected chi connectivity index (χ0v) is 18.3. The van der Waals surface area contributed by atoms with Crippen molar-refractivity contribution in [1.29, 1.82) is 0 Å². The first-order chi connectivity index (χ1) is 16.0. The van der Waals surface area contributed by atoms with E-state index >= 15 is 0 Å². The van der Waals surface area contributed by atoms with E-state index in [1.54, 1.807) is 19.0 Å². The SMILES string of the molecule is Cc1ccc(NC(=O)c2cc(C(C)NC(=O)c3ncnc4c3CN(C)N4)no2)cc1C(F)(F)F. The lowest BCUT2D eigenvalue weighted by Crippen LogP contribution is -2.28. The van der Waals surface area contributed by atoms with Crippen LogP contribution in [0, 0.1) is 6.92 Å². The zero-order valence-electron chi connectivity index (χ0n) is 18.3. The number of aryl methyl sites for hydroxylation is 1. The maximum absolute atomic E-state index is 13.1. The van der Waals surface area contributed by atoms with Gasteiger partial charge in [0.1, 0.15) is 23.5 Å². The number of aromatic nitrogens is 3. The molecule has 10 nitrogen and oxygen atoms in total. The van der Waals surface area contributed by atoms with E-state index in [9.17, 15) is 22.8 Å². The molecule has 3 N–H and O–H groups in total. The summed E-state index contributed by atoms with van der Waals surface area (Å²) in [6, 6.07) is 4.12. The largest absolute Gasteiger partial charge is 0.416 e. The quantitative estimate of drug-likeness (QED) is 0.513. The number of anilines is 2. The van der Waals surface area contributed by atoms with Gasteiger partial charge in [-0.2, -0.15) is 13.2 Å². The molecule has 3 heterocycles. The average molecular weight is 475 g/mol. The number of carbonyl (C=O) groups excluding carboxylic acids is 2. The van der Waals surface area contributed by atoms with Crippen molar-refractivity contribution in [1.82, 2.24) is 25.5 Å². The lowest BCUT2D eigenvalue weighted by Gasteiger charge is -2.12. The van der Waals surface area contributed by atoms with Crippen molar-refractivity contribution in [2.24, 2.45) is 0 Å². The number of nitrogens with zero attached hydrogens (tertiary/aromatic N) is 4. The number of amides is 2. The first-order valence-corrected chi connectivity index (χ1v) is 10.1. The molecule has 3 aromatic rings. The van der Waals surface area contributed by atoms with Crippen molar-refractivity contribution in [3.63, 3.8) is 0 Å². The van der Waals surface area contributed by atoms with Crippen molar-refractivity contribution in [3.05, 3.63) is 64.4 Å². The minimum atomic E-state index is -4.55. The summed E-state index contributed by atoms with van der Waals surface area (Å²) in [5.41, 5.74) is 3.24. The molecule has 2 aromatic heterocycles. The molecule has 0 fully saturated rings. The molecule has 1 aliphatic heterocycles. The van der Waals surface area contributed by atoms with Gasteiger partial charge in [0.05, 0.1) is 11.6 Å². The summed E-state index contributed by atoms with van der Waals surface area (Å²) in [6.45, 7) is 3.41. The normalized spacial score (nSPS) is 14.3. The molecule has 1 atom stereocenters. The number of hydrogen-bond donors (Lipinski definition) is 3. The molecule has 4 rings (SSSR count). The van der Waals surface area contributed by atoms with Crippen LogP contribution in [-0.2, 0) is 12.7 Å². The smallest absolute Gasteiger partial charge is 0.351 e. The number of alkyl halides is 3. The number of hydrazine groups is 1. The van der Waals surface area contributed by atoms with Crippen molar-refractivity contribution >= 4 is 23.3 Å². The van der Waals surface area contributed by atoms with Crippen molar-refractivity contribution in [2.45, 2.75) is 32.6 Å². The molecule has 178 valence electrons. The Morgan fingerprint density at radius 3 is 2.71 bits per heavy atom. The molecule has 0 aliphatic carbocycles. The van der Waals surface area contributed by atoms with Gasteiger partial charge in [-0.1, -0.05) is 11.2 Å². The van der Waals surface area contributed by atoms with Crippen LogP contribution in [0.5, 0.6) is 0 Å². The Hall–Kier alpha value is -4.00. The molecule has 0 radical (unpaired) electrons. The van der Waals surface area contributed by atoms with Crippen LogP contribution in [0.2, 0.25) is 0 Å². The monoisotopic (exact) mass is 475 g/mol. The van der Waals surface area contributed by atoms with E-state index in [0.29, 0.717) is 17.9 Å². The van der Waals surface area contributed by atoms with Crippen molar-refractivity contribution in [3.8, 4) is 0 Å². The lowest BCUT2D eigenvalue weighted by molar-refractivity contribution is -0.138. The van der Waals surface area contributed by atoms with Crippen molar-refractivity contribution < 1.29 is 27.3 Å². The molecule has 13 heteroatoms. The second kappa shape index (κ2) is 8.74. The second-order valence-corrected chi connectivity index (χ2v) is 7.81. The predicted molar refractivity (Wildman–Crippen MR) is 114 cm³/mol. The Morgan fingerprint density at radius 1 is 1.21 bits per heavy atom. The molecule has 2 amide bonds. The van der Waals surface area contributed by atoms with Gasteiger partial charge in [-0.15, -0.1) is 0 Å². The number of hydrogen-bond acceptors (Lipinski definition) is 8. The Kier molecular flexibility index (Phi) is 5.96. The van der Waals surface area contributed by atoms with E-state index in [2.05, 4.69) is 31.2 Å².